The molecule has 1 fully saturated rings. The van der Waals surface area contributed by atoms with Gasteiger partial charge in [-0.25, -0.2) is 9.37 Å². The Morgan fingerprint density at radius 1 is 0.974 bits per heavy atom. The van der Waals surface area contributed by atoms with Crippen molar-refractivity contribution in [1.29, 1.82) is 0 Å². The number of carbonyl (C=O) groups is 1. The number of hydrogen-bond donors (Lipinski definition) is 2. The number of nitrogens with one attached hydrogen (secondary N) is 1. The van der Waals surface area contributed by atoms with Crippen molar-refractivity contribution in [3.8, 4) is 22.8 Å². The molecule has 6 rings (SSSR count). The Labute approximate surface area is 224 Å². The molecule has 0 aliphatic carbocycles. The van der Waals surface area contributed by atoms with Gasteiger partial charge in [0.2, 0.25) is 5.88 Å². The van der Waals surface area contributed by atoms with Crippen molar-refractivity contribution in [2.24, 2.45) is 0 Å². The maximum Gasteiger partial charge on any atom is 0.276 e. The second-order valence-electron chi connectivity index (χ2n) is 9.49. The first kappa shape index (κ1) is 24.5. The molecule has 196 valence electrons. The van der Waals surface area contributed by atoms with Gasteiger partial charge >= 0.3 is 0 Å². The van der Waals surface area contributed by atoms with E-state index in [0.29, 0.717) is 28.2 Å². The average Bonchev–Trinajstić information content (AvgIpc) is 3.58. The van der Waals surface area contributed by atoms with Gasteiger partial charge in [0.05, 0.1) is 17.4 Å². The largest absolute Gasteiger partial charge is 0.439 e. The van der Waals surface area contributed by atoms with Gasteiger partial charge in [0, 0.05) is 36.0 Å². The van der Waals surface area contributed by atoms with Crippen LogP contribution in [0.3, 0.4) is 0 Å². The fraction of sp³-hybridized carbons (Fsp3) is 0.172. The summed E-state index contributed by atoms with van der Waals surface area (Å²) in [5.74, 6) is 6.06. The number of nitrogens with two attached hydrogens (primary N) is 1. The summed E-state index contributed by atoms with van der Waals surface area (Å²) in [4.78, 5) is 25.5. The molecule has 39 heavy (non-hydrogen) atoms. The zero-order valence-corrected chi connectivity index (χ0v) is 21.0. The number of likely N-dealkylation sites (tertiary alicyclic amines) is 1. The summed E-state index contributed by atoms with van der Waals surface area (Å²) < 4.78 is 18.7. The van der Waals surface area contributed by atoms with E-state index in [0.717, 1.165) is 36.3 Å². The Kier molecular flexibility index (Phi) is 6.60. The minimum absolute atomic E-state index is 0.196. The number of amides is 1. The predicted octanol–water partition coefficient (Wildman–Crippen LogP) is 4.99. The van der Waals surface area contributed by atoms with Gasteiger partial charge in [0.25, 0.3) is 5.91 Å². The number of hydrogen-bond acceptors (Lipinski definition) is 7. The van der Waals surface area contributed by atoms with Crippen LogP contribution in [0, 0.1) is 5.82 Å². The molecule has 2 aromatic carbocycles. The number of ether oxygens (including phenoxy) is 1. The molecular weight excluding hydrogens is 497 g/mol. The third-order valence-electron chi connectivity index (χ3n) is 6.68. The van der Waals surface area contributed by atoms with E-state index in [4.69, 9.17) is 10.6 Å². The molecule has 0 spiro atoms. The quantitative estimate of drug-likeness (QED) is 0.289. The molecule has 0 bridgehead atoms. The molecule has 9 nitrogen and oxygen atoms in total. The molecule has 5 aromatic rings. The van der Waals surface area contributed by atoms with Crippen molar-refractivity contribution >= 4 is 22.5 Å². The van der Waals surface area contributed by atoms with Crippen LogP contribution in [-0.4, -0.2) is 43.8 Å². The molecule has 3 N–H and O–H groups in total. The third-order valence-corrected chi connectivity index (χ3v) is 6.68. The fourth-order valence-corrected chi connectivity index (χ4v) is 4.75. The number of benzene rings is 2. The van der Waals surface area contributed by atoms with Crippen LogP contribution in [0.4, 0.5) is 10.1 Å². The van der Waals surface area contributed by atoms with E-state index in [9.17, 15) is 9.18 Å². The summed E-state index contributed by atoms with van der Waals surface area (Å²) in [6.07, 6.45) is 7.67. The highest BCUT2D eigenvalue weighted by molar-refractivity contribution is 6.11. The number of nitrogens with zero attached hydrogens (tertiary/aromatic N) is 5. The lowest BCUT2D eigenvalue weighted by molar-refractivity contribution is 0.102. The van der Waals surface area contributed by atoms with Crippen LogP contribution in [0.2, 0.25) is 0 Å². The lowest BCUT2D eigenvalue weighted by Gasteiger charge is -2.14. The number of pyridine rings is 2. The number of rotatable bonds is 7. The number of anilines is 1. The van der Waals surface area contributed by atoms with Crippen LogP contribution in [0.25, 0.3) is 22.0 Å². The van der Waals surface area contributed by atoms with Crippen LogP contribution in [0.5, 0.6) is 11.6 Å². The maximum atomic E-state index is 13.2. The standard InChI is InChI=1S/C29H26FN7O2/c30-22-4-7-24(8-5-22)39-27-10-6-23(17-33-27)34-29(38)28-25-14-20(3-9-26(25)37(31)35-28)21-13-19(15-32-16-21)18-36-11-1-2-12-36/h3-10,13-17H,1-2,11-12,18,31H2,(H,34,38). The fourth-order valence-electron chi connectivity index (χ4n) is 4.75. The molecule has 0 radical (unpaired) electrons. The lowest BCUT2D eigenvalue weighted by Crippen LogP contribution is -2.18. The highest BCUT2D eigenvalue weighted by Crippen LogP contribution is 2.28. The minimum Gasteiger partial charge on any atom is -0.439 e. The first-order chi connectivity index (χ1) is 19.0. The highest BCUT2D eigenvalue weighted by Gasteiger charge is 2.18. The predicted molar refractivity (Wildman–Crippen MR) is 146 cm³/mol. The lowest BCUT2D eigenvalue weighted by atomic mass is 10.0. The Morgan fingerprint density at radius 3 is 2.56 bits per heavy atom. The molecule has 4 heterocycles. The van der Waals surface area contributed by atoms with Crippen molar-refractivity contribution in [1.82, 2.24) is 24.8 Å². The second-order valence-corrected chi connectivity index (χ2v) is 9.49. The van der Waals surface area contributed by atoms with Gasteiger partial charge in [-0.1, -0.05) is 6.07 Å². The molecule has 0 atom stereocenters. The van der Waals surface area contributed by atoms with E-state index < -0.39 is 5.91 Å². The van der Waals surface area contributed by atoms with Gasteiger partial charge in [-0.2, -0.15) is 4.79 Å². The summed E-state index contributed by atoms with van der Waals surface area (Å²) >= 11 is 0. The van der Waals surface area contributed by atoms with Gasteiger partial charge in [-0.15, -0.1) is 5.10 Å². The zero-order valence-electron chi connectivity index (χ0n) is 21.0. The van der Waals surface area contributed by atoms with Crippen LogP contribution >= 0.6 is 0 Å². The Balaban J connectivity index is 1.21. The number of aromatic nitrogens is 4. The number of fused-ring (bicyclic) bond motifs is 1. The average molecular weight is 524 g/mol. The molecule has 3 aromatic heterocycles. The van der Waals surface area contributed by atoms with E-state index in [1.165, 1.54) is 48.1 Å². The number of nitrogen functional groups attached to an aromatic ring is 1. The van der Waals surface area contributed by atoms with Crippen molar-refractivity contribution < 1.29 is 13.9 Å². The first-order valence-corrected chi connectivity index (χ1v) is 12.7. The van der Waals surface area contributed by atoms with Crippen LogP contribution < -0.4 is 15.9 Å². The topological polar surface area (TPSA) is 111 Å². The van der Waals surface area contributed by atoms with Gasteiger partial charge in [-0.05, 0) is 85.6 Å². The van der Waals surface area contributed by atoms with Gasteiger partial charge in [0.15, 0.2) is 5.69 Å². The first-order valence-electron chi connectivity index (χ1n) is 12.7. The molecular formula is C29H26FN7O2. The summed E-state index contributed by atoms with van der Waals surface area (Å²) in [5, 5.41) is 7.71. The molecule has 0 unspecified atom stereocenters. The SMILES string of the molecule is Nn1nc(C(=O)Nc2ccc(Oc3ccc(F)cc3)nc2)c2cc(-c3cncc(CN4CCCC4)c3)ccc21. The van der Waals surface area contributed by atoms with E-state index in [-0.39, 0.29) is 11.5 Å². The molecule has 0 saturated carbocycles. The Morgan fingerprint density at radius 2 is 1.79 bits per heavy atom. The van der Waals surface area contributed by atoms with Crippen molar-refractivity contribution in [3.63, 3.8) is 0 Å². The maximum absolute atomic E-state index is 13.2. The third kappa shape index (κ3) is 5.41. The summed E-state index contributed by atoms with van der Waals surface area (Å²) in [6, 6.07) is 16.8. The van der Waals surface area contributed by atoms with Crippen molar-refractivity contribution in [3.05, 3.63) is 96.3 Å². The summed E-state index contributed by atoms with van der Waals surface area (Å²) in [5.41, 5.74) is 4.32. The second kappa shape index (κ2) is 10.5. The molecule has 1 amide bonds. The van der Waals surface area contributed by atoms with Crippen molar-refractivity contribution in [2.75, 3.05) is 24.2 Å². The van der Waals surface area contributed by atoms with Crippen LogP contribution in [0.1, 0.15) is 28.9 Å². The van der Waals surface area contributed by atoms with Gasteiger partial charge in [0.1, 0.15) is 11.6 Å². The monoisotopic (exact) mass is 523 g/mol. The molecule has 1 aliphatic rings. The normalized spacial score (nSPS) is 13.6. The minimum atomic E-state index is -0.420. The van der Waals surface area contributed by atoms with E-state index in [1.54, 1.807) is 12.1 Å². The van der Waals surface area contributed by atoms with Gasteiger partial charge < -0.3 is 15.9 Å². The number of carbonyl (C=O) groups excluding carboxylic acids is 1. The van der Waals surface area contributed by atoms with Crippen molar-refractivity contribution in [2.45, 2.75) is 19.4 Å². The Bertz CT molecular complexity index is 1630. The van der Waals surface area contributed by atoms with E-state index in [1.807, 2.05) is 30.6 Å². The smallest absolute Gasteiger partial charge is 0.276 e. The molecule has 10 heteroatoms. The van der Waals surface area contributed by atoms with Crippen LogP contribution in [0.15, 0.2) is 79.3 Å². The molecule has 1 saturated heterocycles. The van der Waals surface area contributed by atoms with Gasteiger partial charge in [-0.3, -0.25) is 14.7 Å². The number of halogens is 1. The van der Waals surface area contributed by atoms with Crippen LogP contribution in [-0.2, 0) is 6.54 Å². The summed E-state index contributed by atoms with van der Waals surface area (Å²) in [7, 11) is 0. The van der Waals surface area contributed by atoms with E-state index in [2.05, 4.69) is 31.3 Å². The highest BCUT2D eigenvalue weighted by atomic mass is 19.1. The zero-order chi connectivity index (χ0) is 26.8. The summed E-state index contributed by atoms with van der Waals surface area (Å²) in [6.45, 7) is 3.10. The molecule has 1 aliphatic heterocycles. The van der Waals surface area contributed by atoms with E-state index >= 15 is 0 Å². The Hall–Kier alpha value is -4.83.